The average molecular weight is 347 g/mol. The van der Waals surface area contributed by atoms with Gasteiger partial charge in [0.05, 0.1) is 11.1 Å². The van der Waals surface area contributed by atoms with Crippen LogP contribution in [0.25, 0.3) is 0 Å². The van der Waals surface area contributed by atoms with Gasteiger partial charge in [0.2, 0.25) is 0 Å². The van der Waals surface area contributed by atoms with Crippen LogP contribution in [0.2, 0.25) is 0 Å². The van der Waals surface area contributed by atoms with Crippen LogP contribution in [0.1, 0.15) is 32.4 Å². The van der Waals surface area contributed by atoms with E-state index in [0.29, 0.717) is 16.9 Å². The molecule has 0 aromatic heterocycles. The molecular weight excluding hydrogens is 336 g/mol. The Morgan fingerprint density at radius 1 is 1.10 bits per heavy atom. The summed E-state index contributed by atoms with van der Waals surface area (Å²) in [7, 11) is 0. The van der Waals surface area contributed by atoms with E-state index in [2.05, 4.69) is 15.9 Å². The standard InChI is InChI=1S/C16H11BrO4/c17-13-14(18)11-7-3-4-8-12(11)21-15(13)9-5-1-2-6-10(9)16(19)20/h1-8,13,15H,(H,19,20)/t13-,15-/m0/s1. The lowest BCUT2D eigenvalue weighted by atomic mass is 9.93. The summed E-state index contributed by atoms with van der Waals surface area (Å²) in [6, 6.07) is 13.5. The van der Waals surface area contributed by atoms with Gasteiger partial charge in [0, 0.05) is 5.56 Å². The fraction of sp³-hybridized carbons (Fsp3) is 0.125. The molecule has 2 aromatic rings. The van der Waals surface area contributed by atoms with Gasteiger partial charge in [-0.25, -0.2) is 4.79 Å². The Hall–Kier alpha value is -2.14. The summed E-state index contributed by atoms with van der Waals surface area (Å²) in [5.41, 5.74) is 1.12. The third kappa shape index (κ3) is 2.34. The summed E-state index contributed by atoms with van der Waals surface area (Å²) >= 11 is 3.34. The molecule has 1 aliphatic heterocycles. The molecule has 0 saturated heterocycles. The van der Waals surface area contributed by atoms with Crippen molar-refractivity contribution >= 4 is 27.7 Å². The number of carbonyl (C=O) groups is 2. The number of ketones is 1. The zero-order valence-corrected chi connectivity index (χ0v) is 12.4. The molecule has 4 nitrogen and oxygen atoms in total. The molecule has 1 N–H and O–H groups in total. The Labute approximate surface area is 129 Å². The van der Waals surface area contributed by atoms with Crippen LogP contribution < -0.4 is 4.74 Å². The molecule has 1 aliphatic rings. The summed E-state index contributed by atoms with van der Waals surface area (Å²) in [6.45, 7) is 0. The van der Waals surface area contributed by atoms with Gasteiger partial charge in [0.15, 0.2) is 5.78 Å². The molecule has 0 saturated carbocycles. The van der Waals surface area contributed by atoms with Crippen LogP contribution >= 0.6 is 15.9 Å². The van der Waals surface area contributed by atoms with Crippen LogP contribution in [0, 0.1) is 0 Å². The van der Waals surface area contributed by atoms with Gasteiger partial charge in [-0.2, -0.15) is 0 Å². The van der Waals surface area contributed by atoms with E-state index in [1.807, 2.05) is 0 Å². The number of carbonyl (C=O) groups excluding carboxylic acids is 1. The Morgan fingerprint density at radius 2 is 1.76 bits per heavy atom. The molecule has 0 radical (unpaired) electrons. The molecule has 0 unspecified atom stereocenters. The fourth-order valence-electron chi connectivity index (χ4n) is 2.42. The smallest absolute Gasteiger partial charge is 0.336 e. The average Bonchev–Trinajstić information content (AvgIpc) is 2.51. The van der Waals surface area contributed by atoms with E-state index in [4.69, 9.17) is 4.74 Å². The van der Waals surface area contributed by atoms with Crippen molar-refractivity contribution in [3.8, 4) is 5.75 Å². The van der Waals surface area contributed by atoms with Gasteiger partial charge >= 0.3 is 5.97 Å². The second kappa shape index (κ2) is 5.33. The van der Waals surface area contributed by atoms with Crippen molar-refractivity contribution in [3.63, 3.8) is 0 Å². The largest absolute Gasteiger partial charge is 0.483 e. The third-order valence-corrected chi connectivity index (χ3v) is 4.32. The molecule has 0 spiro atoms. The highest BCUT2D eigenvalue weighted by atomic mass is 79.9. The Balaban J connectivity index is 2.09. The first kappa shape index (κ1) is 13.8. The van der Waals surface area contributed by atoms with Gasteiger partial charge in [0.25, 0.3) is 0 Å². The number of carboxylic acids is 1. The van der Waals surface area contributed by atoms with E-state index in [9.17, 15) is 14.7 Å². The highest BCUT2D eigenvalue weighted by Crippen LogP contribution is 2.39. The minimum Gasteiger partial charge on any atom is -0.483 e. The zero-order chi connectivity index (χ0) is 15.0. The van der Waals surface area contributed by atoms with E-state index in [1.165, 1.54) is 6.07 Å². The van der Waals surface area contributed by atoms with Gasteiger partial charge in [0.1, 0.15) is 16.7 Å². The van der Waals surface area contributed by atoms with Crippen LogP contribution in [-0.2, 0) is 0 Å². The lowest BCUT2D eigenvalue weighted by Crippen LogP contribution is -2.33. The maximum absolute atomic E-state index is 12.4. The molecule has 3 rings (SSSR count). The van der Waals surface area contributed by atoms with Crippen molar-refractivity contribution in [2.75, 3.05) is 0 Å². The predicted molar refractivity (Wildman–Crippen MR) is 80.3 cm³/mol. The summed E-state index contributed by atoms with van der Waals surface area (Å²) in [5, 5.41) is 9.29. The van der Waals surface area contributed by atoms with Gasteiger partial charge in [-0.15, -0.1) is 0 Å². The van der Waals surface area contributed by atoms with Gasteiger partial charge < -0.3 is 9.84 Å². The van der Waals surface area contributed by atoms with Crippen LogP contribution in [0.3, 0.4) is 0 Å². The second-order valence-electron chi connectivity index (χ2n) is 4.69. The number of alkyl halides is 1. The Kier molecular flexibility index (Phi) is 3.51. The predicted octanol–water partition coefficient (Wildman–Crippen LogP) is 3.46. The number of aromatic carboxylic acids is 1. The molecule has 0 fully saturated rings. The number of Topliss-reactive ketones (excluding diaryl/α,β-unsaturated/α-hetero) is 1. The Morgan fingerprint density at radius 3 is 2.52 bits per heavy atom. The topological polar surface area (TPSA) is 63.6 Å². The number of fused-ring (bicyclic) bond motifs is 1. The van der Waals surface area contributed by atoms with Crippen molar-refractivity contribution in [2.24, 2.45) is 0 Å². The Bertz CT molecular complexity index is 726. The highest BCUT2D eigenvalue weighted by Gasteiger charge is 2.37. The number of benzene rings is 2. The summed E-state index contributed by atoms with van der Waals surface area (Å²) in [4.78, 5) is 23.1. The maximum Gasteiger partial charge on any atom is 0.336 e. The minimum absolute atomic E-state index is 0.109. The van der Waals surface area contributed by atoms with Crippen molar-refractivity contribution < 1.29 is 19.4 Å². The van der Waals surface area contributed by atoms with E-state index < -0.39 is 16.9 Å². The number of halogens is 1. The third-order valence-electron chi connectivity index (χ3n) is 3.42. The normalized spacial score (nSPS) is 20.5. The SMILES string of the molecule is O=C(O)c1ccccc1[C@@H]1Oc2ccccc2C(=O)[C@@H]1Br. The van der Waals surface area contributed by atoms with E-state index in [1.54, 1.807) is 42.5 Å². The lowest BCUT2D eigenvalue weighted by molar-refractivity contribution is 0.0685. The quantitative estimate of drug-likeness (QED) is 0.845. The van der Waals surface area contributed by atoms with Crippen LogP contribution in [0.15, 0.2) is 48.5 Å². The molecule has 0 aliphatic carbocycles. The van der Waals surface area contributed by atoms with E-state index in [-0.39, 0.29) is 11.3 Å². The first-order valence-electron chi connectivity index (χ1n) is 6.36. The van der Waals surface area contributed by atoms with Gasteiger partial charge in [-0.3, -0.25) is 4.79 Å². The molecule has 106 valence electrons. The molecule has 0 amide bonds. The molecule has 5 heteroatoms. The number of carboxylic acid groups (broad SMARTS) is 1. The minimum atomic E-state index is -1.04. The lowest BCUT2D eigenvalue weighted by Gasteiger charge is -2.30. The summed E-state index contributed by atoms with van der Waals surface area (Å²) < 4.78 is 5.86. The summed E-state index contributed by atoms with van der Waals surface area (Å²) in [6.07, 6.45) is -0.667. The van der Waals surface area contributed by atoms with Crippen LogP contribution in [0.5, 0.6) is 5.75 Å². The monoisotopic (exact) mass is 346 g/mol. The summed E-state index contributed by atoms with van der Waals surface area (Å²) in [5.74, 6) is -0.675. The molecule has 0 bridgehead atoms. The van der Waals surface area contributed by atoms with Crippen molar-refractivity contribution in [1.82, 2.24) is 0 Å². The van der Waals surface area contributed by atoms with E-state index >= 15 is 0 Å². The number of para-hydroxylation sites is 1. The molecule has 2 aromatic carbocycles. The van der Waals surface area contributed by atoms with Crippen LogP contribution in [-0.4, -0.2) is 21.7 Å². The van der Waals surface area contributed by atoms with E-state index in [0.717, 1.165) is 0 Å². The van der Waals surface area contributed by atoms with Crippen molar-refractivity contribution in [1.29, 1.82) is 0 Å². The second-order valence-corrected chi connectivity index (χ2v) is 5.68. The molecular formula is C16H11BrO4. The fourth-order valence-corrected chi connectivity index (χ4v) is 3.06. The first-order valence-corrected chi connectivity index (χ1v) is 7.27. The highest BCUT2D eigenvalue weighted by molar-refractivity contribution is 9.10. The number of hydrogen-bond donors (Lipinski definition) is 1. The maximum atomic E-state index is 12.4. The first-order chi connectivity index (χ1) is 10.1. The zero-order valence-electron chi connectivity index (χ0n) is 10.8. The number of ether oxygens (including phenoxy) is 1. The molecule has 21 heavy (non-hydrogen) atoms. The van der Waals surface area contributed by atoms with Gasteiger partial charge in [-0.05, 0) is 18.2 Å². The molecule has 2 atom stereocenters. The van der Waals surface area contributed by atoms with Gasteiger partial charge in [-0.1, -0.05) is 46.3 Å². The molecule has 1 heterocycles. The number of hydrogen-bond acceptors (Lipinski definition) is 3. The van der Waals surface area contributed by atoms with Crippen molar-refractivity contribution in [2.45, 2.75) is 10.9 Å². The van der Waals surface area contributed by atoms with Crippen LogP contribution in [0.4, 0.5) is 0 Å². The van der Waals surface area contributed by atoms with Crippen molar-refractivity contribution in [3.05, 3.63) is 65.2 Å². The number of rotatable bonds is 2.